The van der Waals surface area contributed by atoms with Gasteiger partial charge in [0.2, 0.25) is 6.29 Å². The van der Waals surface area contributed by atoms with E-state index in [1.807, 2.05) is 30.3 Å². The summed E-state index contributed by atoms with van der Waals surface area (Å²) in [5.41, 5.74) is 0.792. The van der Waals surface area contributed by atoms with Gasteiger partial charge in [0.05, 0.1) is 18.6 Å². The van der Waals surface area contributed by atoms with Gasteiger partial charge in [-0.25, -0.2) is 0 Å². The van der Waals surface area contributed by atoms with Crippen LogP contribution in [0.25, 0.3) is 0 Å². The molecule has 0 unspecified atom stereocenters. The average Bonchev–Trinajstić information content (AvgIpc) is 2.75. The fraction of sp³-hybridized carbons (Fsp3) is 0.579. The van der Waals surface area contributed by atoms with Gasteiger partial charge in [0.1, 0.15) is 18.0 Å². The van der Waals surface area contributed by atoms with Crippen molar-refractivity contribution in [2.24, 2.45) is 5.92 Å². The first-order valence-corrected chi connectivity index (χ1v) is 10.9. The van der Waals surface area contributed by atoms with Crippen LogP contribution >= 0.6 is 7.60 Å². The maximum atomic E-state index is 12.8. The zero-order valence-electron chi connectivity index (χ0n) is 16.5. The maximum absolute atomic E-state index is 12.8. The van der Waals surface area contributed by atoms with E-state index in [1.165, 1.54) is 21.3 Å². The Morgan fingerprint density at radius 2 is 1.83 bits per heavy atom. The van der Waals surface area contributed by atoms with E-state index in [0.717, 1.165) is 5.56 Å². The topological polar surface area (TPSA) is 107 Å². The Morgan fingerprint density at radius 1 is 1.14 bits per heavy atom. The number of benzene rings is 1. The Kier molecular flexibility index (Phi) is 7.34. The Labute approximate surface area is 169 Å². The molecule has 3 rings (SSSR count). The van der Waals surface area contributed by atoms with Gasteiger partial charge in [0, 0.05) is 33.3 Å². The minimum Gasteiger partial charge on any atom is -0.349 e. The smallest absolute Gasteiger partial charge is 0.337 e. The molecule has 0 radical (unpaired) electrons. The second-order valence-electron chi connectivity index (χ2n) is 6.80. The van der Waals surface area contributed by atoms with E-state index in [4.69, 9.17) is 28.0 Å². The Bertz CT molecular complexity index is 760. The molecule has 2 fully saturated rings. The van der Waals surface area contributed by atoms with Gasteiger partial charge in [-0.15, -0.1) is 0 Å². The quantitative estimate of drug-likeness (QED) is 0.575. The lowest BCUT2D eigenvalue weighted by molar-refractivity contribution is -0.311. The number of rotatable bonds is 8. The van der Waals surface area contributed by atoms with Gasteiger partial charge in [-0.3, -0.25) is 14.2 Å². The van der Waals surface area contributed by atoms with Crippen molar-refractivity contribution in [3.63, 3.8) is 0 Å². The highest BCUT2D eigenvalue weighted by molar-refractivity contribution is 7.54. The van der Waals surface area contributed by atoms with Crippen LogP contribution in [0.3, 0.4) is 0 Å². The lowest BCUT2D eigenvalue weighted by Crippen LogP contribution is -2.57. The van der Waals surface area contributed by atoms with Crippen molar-refractivity contribution in [3.8, 4) is 0 Å². The van der Waals surface area contributed by atoms with Crippen LogP contribution in [0.1, 0.15) is 18.3 Å². The SMILES string of the molecule is CO[C@H]1O[C@@H]2CO[C@@H](c3ccccc3)O[C@H]2[C@H](CC(=O)CP(=O)(OC)OC)C1=O. The highest BCUT2D eigenvalue weighted by Gasteiger charge is 2.50. The molecular formula is C19H25O9P. The van der Waals surface area contributed by atoms with Crippen molar-refractivity contribution >= 4 is 19.2 Å². The molecule has 2 aliphatic heterocycles. The number of fused-ring (bicyclic) bond motifs is 1. The molecular weight excluding hydrogens is 403 g/mol. The predicted molar refractivity (Wildman–Crippen MR) is 100 cm³/mol. The molecule has 0 bridgehead atoms. The zero-order valence-corrected chi connectivity index (χ0v) is 17.4. The molecule has 0 N–H and O–H groups in total. The number of ether oxygens (including phenoxy) is 4. The average molecular weight is 428 g/mol. The number of hydrogen-bond acceptors (Lipinski definition) is 9. The minimum atomic E-state index is -3.53. The molecule has 0 spiro atoms. The normalized spacial score (nSPS) is 30.0. The van der Waals surface area contributed by atoms with Crippen molar-refractivity contribution < 1.29 is 42.1 Å². The number of ketones is 2. The van der Waals surface area contributed by atoms with E-state index in [-0.39, 0.29) is 13.0 Å². The molecule has 1 aromatic rings. The molecule has 2 aliphatic rings. The van der Waals surface area contributed by atoms with E-state index in [2.05, 4.69) is 0 Å². The lowest BCUT2D eigenvalue weighted by Gasteiger charge is -2.44. The van der Waals surface area contributed by atoms with Crippen LogP contribution in [0, 0.1) is 5.92 Å². The predicted octanol–water partition coefficient (Wildman–Crippen LogP) is 2.10. The second-order valence-corrected chi connectivity index (χ2v) is 9.07. The van der Waals surface area contributed by atoms with E-state index < -0.39 is 56.0 Å². The third-order valence-electron chi connectivity index (χ3n) is 5.01. The summed E-state index contributed by atoms with van der Waals surface area (Å²) in [6.07, 6.45) is -3.71. The third-order valence-corrected chi connectivity index (χ3v) is 6.86. The summed E-state index contributed by atoms with van der Waals surface area (Å²) in [6, 6.07) is 9.28. The first-order valence-electron chi connectivity index (χ1n) is 9.17. The van der Waals surface area contributed by atoms with E-state index in [9.17, 15) is 14.2 Å². The molecule has 29 heavy (non-hydrogen) atoms. The van der Waals surface area contributed by atoms with E-state index >= 15 is 0 Å². The molecule has 0 amide bonds. The van der Waals surface area contributed by atoms with Crippen LogP contribution in [-0.4, -0.2) is 64.2 Å². The zero-order chi connectivity index (χ0) is 21.0. The largest absolute Gasteiger partial charge is 0.349 e. The number of Topliss-reactive ketones (excluding diaryl/α,β-unsaturated/α-hetero) is 2. The lowest BCUT2D eigenvalue weighted by atomic mass is 9.85. The molecule has 9 nitrogen and oxygen atoms in total. The minimum absolute atomic E-state index is 0.177. The Hall–Kier alpha value is -1.45. The van der Waals surface area contributed by atoms with Gasteiger partial charge in [0.25, 0.3) is 0 Å². The summed E-state index contributed by atoms with van der Waals surface area (Å²) in [5.74, 6) is -1.67. The van der Waals surface area contributed by atoms with Gasteiger partial charge in [0.15, 0.2) is 12.1 Å². The maximum Gasteiger partial charge on any atom is 0.337 e. The van der Waals surface area contributed by atoms with Crippen molar-refractivity contribution in [2.45, 2.75) is 31.2 Å². The first-order chi connectivity index (χ1) is 13.9. The second kappa shape index (κ2) is 9.57. The van der Waals surface area contributed by atoms with Crippen molar-refractivity contribution in [1.29, 1.82) is 0 Å². The van der Waals surface area contributed by atoms with Gasteiger partial charge in [-0.1, -0.05) is 30.3 Å². The van der Waals surface area contributed by atoms with Crippen LogP contribution in [0.4, 0.5) is 0 Å². The number of methoxy groups -OCH3 is 1. The van der Waals surface area contributed by atoms with E-state index in [1.54, 1.807) is 0 Å². The third kappa shape index (κ3) is 5.00. The first kappa shape index (κ1) is 22.2. The number of carbonyl (C=O) groups excluding carboxylic acids is 2. The fourth-order valence-electron chi connectivity index (χ4n) is 3.48. The van der Waals surface area contributed by atoms with Gasteiger partial charge < -0.3 is 28.0 Å². The summed E-state index contributed by atoms with van der Waals surface area (Å²) >= 11 is 0. The van der Waals surface area contributed by atoms with Crippen molar-refractivity contribution in [3.05, 3.63) is 35.9 Å². The standard InChI is InChI=1S/C19H25O9P/c1-23-19-16(21)14(9-13(20)11-29(22,24-2)25-3)17-15(27-19)10-26-18(28-17)12-7-5-4-6-8-12/h4-8,14-15,17-19H,9-11H2,1-3H3/t14-,15-,17+,18-,19+/m1/s1. The highest BCUT2D eigenvalue weighted by Crippen LogP contribution is 2.47. The van der Waals surface area contributed by atoms with Gasteiger partial charge in [-0.05, 0) is 0 Å². The van der Waals surface area contributed by atoms with E-state index in [0.29, 0.717) is 0 Å². The van der Waals surface area contributed by atoms with Crippen LogP contribution < -0.4 is 0 Å². The van der Waals surface area contributed by atoms with Crippen LogP contribution in [0.15, 0.2) is 30.3 Å². The summed E-state index contributed by atoms with van der Waals surface area (Å²) in [6.45, 7) is 0.177. The molecule has 10 heteroatoms. The van der Waals surface area contributed by atoms with Crippen LogP contribution in [0.2, 0.25) is 0 Å². The molecule has 0 aromatic heterocycles. The summed E-state index contributed by atoms with van der Waals surface area (Å²) in [5, 5.41) is 0. The van der Waals surface area contributed by atoms with Gasteiger partial charge in [-0.2, -0.15) is 0 Å². The molecule has 160 valence electrons. The molecule has 0 saturated carbocycles. The van der Waals surface area contributed by atoms with Crippen LogP contribution in [0.5, 0.6) is 0 Å². The molecule has 2 saturated heterocycles. The van der Waals surface area contributed by atoms with Gasteiger partial charge >= 0.3 is 7.60 Å². The monoisotopic (exact) mass is 428 g/mol. The highest BCUT2D eigenvalue weighted by atomic mass is 31.2. The molecule has 0 aliphatic carbocycles. The van der Waals surface area contributed by atoms with Crippen molar-refractivity contribution in [1.82, 2.24) is 0 Å². The Morgan fingerprint density at radius 3 is 2.45 bits per heavy atom. The number of carbonyl (C=O) groups is 2. The van der Waals surface area contributed by atoms with Crippen LogP contribution in [-0.2, 0) is 42.1 Å². The Balaban J connectivity index is 1.78. The number of hydrogen-bond donors (Lipinski definition) is 0. The summed E-state index contributed by atoms with van der Waals surface area (Å²) in [4.78, 5) is 25.4. The summed E-state index contributed by atoms with van der Waals surface area (Å²) < 4.78 is 44.5. The summed E-state index contributed by atoms with van der Waals surface area (Å²) in [7, 11) is 0.235. The molecule has 5 atom stereocenters. The molecule has 1 aromatic carbocycles. The fourth-order valence-corrected chi connectivity index (χ4v) is 4.45. The molecule has 2 heterocycles. The van der Waals surface area contributed by atoms with Crippen molar-refractivity contribution in [2.75, 3.05) is 34.1 Å².